The molecule has 2 aliphatic rings. The lowest BCUT2D eigenvalue weighted by Crippen LogP contribution is -2.26. The first-order chi connectivity index (χ1) is 7.93. The van der Waals surface area contributed by atoms with Gasteiger partial charge in [0.25, 0.3) is 0 Å². The summed E-state index contributed by atoms with van der Waals surface area (Å²) in [5, 5.41) is 0. The summed E-state index contributed by atoms with van der Waals surface area (Å²) in [5.74, 6) is 1.74. The van der Waals surface area contributed by atoms with E-state index in [9.17, 15) is 4.79 Å². The van der Waals surface area contributed by atoms with Gasteiger partial charge in [0.1, 0.15) is 17.1 Å². The molecule has 0 saturated carbocycles. The Morgan fingerprint density at radius 1 is 1.41 bits per heavy atom. The van der Waals surface area contributed by atoms with Crippen LogP contribution in [0.2, 0.25) is 0 Å². The lowest BCUT2D eigenvalue weighted by molar-refractivity contribution is -0.114. The maximum atomic E-state index is 11.5. The molecule has 17 heavy (non-hydrogen) atoms. The number of carbonyl (C=O) groups is 1. The molecular formula is C14H18O3. The molecule has 2 rings (SSSR count). The maximum absolute atomic E-state index is 11.5. The van der Waals surface area contributed by atoms with Gasteiger partial charge in [0.05, 0.1) is 13.5 Å². The van der Waals surface area contributed by atoms with E-state index >= 15 is 0 Å². The normalized spacial score (nSPS) is 22.1. The minimum absolute atomic E-state index is 0.0756. The SMILES string of the molecule is COC1=C(C(C)=O)CC2=C(C1)OC(C)(C)C=C2. The number of methoxy groups -OCH3 is 1. The Balaban J connectivity index is 2.29. The molecule has 0 atom stereocenters. The zero-order chi connectivity index (χ0) is 12.6. The predicted octanol–water partition coefficient (Wildman–Crippen LogP) is 2.89. The highest BCUT2D eigenvalue weighted by Gasteiger charge is 2.30. The molecule has 0 aromatic rings. The van der Waals surface area contributed by atoms with Crippen molar-refractivity contribution in [1.82, 2.24) is 0 Å². The van der Waals surface area contributed by atoms with Gasteiger partial charge in [-0.1, -0.05) is 6.08 Å². The molecule has 0 unspecified atom stereocenters. The van der Waals surface area contributed by atoms with E-state index in [1.54, 1.807) is 14.0 Å². The molecule has 0 N–H and O–H groups in total. The zero-order valence-corrected chi connectivity index (χ0v) is 10.8. The van der Waals surface area contributed by atoms with Gasteiger partial charge in [-0.2, -0.15) is 0 Å². The van der Waals surface area contributed by atoms with Gasteiger partial charge in [0.15, 0.2) is 5.78 Å². The van der Waals surface area contributed by atoms with E-state index in [-0.39, 0.29) is 11.4 Å². The van der Waals surface area contributed by atoms with Gasteiger partial charge < -0.3 is 9.47 Å². The van der Waals surface area contributed by atoms with Gasteiger partial charge in [0.2, 0.25) is 0 Å². The number of ketones is 1. The lowest BCUT2D eigenvalue weighted by atomic mass is 9.89. The van der Waals surface area contributed by atoms with Crippen LogP contribution in [0.5, 0.6) is 0 Å². The van der Waals surface area contributed by atoms with Crippen LogP contribution < -0.4 is 0 Å². The predicted molar refractivity (Wildman–Crippen MR) is 65.3 cm³/mol. The Morgan fingerprint density at radius 3 is 2.71 bits per heavy atom. The van der Waals surface area contributed by atoms with Crippen molar-refractivity contribution in [2.45, 2.75) is 39.2 Å². The number of hydrogen-bond donors (Lipinski definition) is 0. The van der Waals surface area contributed by atoms with Crippen LogP contribution in [0.1, 0.15) is 33.6 Å². The molecule has 1 aliphatic carbocycles. The maximum Gasteiger partial charge on any atom is 0.159 e. The standard InChI is InChI=1S/C14H18O3/c1-9(15)11-7-10-5-6-14(2,3)17-12(10)8-13(11)16-4/h5-6H,7-8H2,1-4H3. The monoisotopic (exact) mass is 234 g/mol. The Hall–Kier alpha value is -1.51. The van der Waals surface area contributed by atoms with Gasteiger partial charge in [-0.15, -0.1) is 0 Å². The molecule has 0 aromatic heterocycles. The van der Waals surface area contributed by atoms with Crippen molar-refractivity contribution in [2.24, 2.45) is 0 Å². The molecule has 0 amide bonds. The first-order valence-corrected chi connectivity index (χ1v) is 5.80. The molecule has 3 heteroatoms. The van der Waals surface area contributed by atoms with E-state index in [4.69, 9.17) is 9.47 Å². The van der Waals surface area contributed by atoms with Crippen molar-refractivity contribution in [3.63, 3.8) is 0 Å². The third-order valence-electron chi connectivity index (χ3n) is 3.13. The van der Waals surface area contributed by atoms with E-state index in [1.807, 2.05) is 19.9 Å². The summed E-state index contributed by atoms with van der Waals surface area (Å²) in [7, 11) is 1.60. The van der Waals surface area contributed by atoms with Gasteiger partial charge in [0, 0.05) is 12.0 Å². The van der Waals surface area contributed by atoms with Gasteiger partial charge >= 0.3 is 0 Å². The molecule has 0 saturated heterocycles. The Labute approximate surface area is 102 Å². The number of rotatable bonds is 2. The van der Waals surface area contributed by atoms with Crippen molar-refractivity contribution in [1.29, 1.82) is 0 Å². The fraction of sp³-hybridized carbons (Fsp3) is 0.500. The second kappa shape index (κ2) is 4.06. The van der Waals surface area contributed by atoms with E-state index in [0.717, 1.165) is 22.7 Å². The van der Waals surface area contributed by atoms with Gasteiger partial charge in [-0.05, 0) is 32.4 Å². The zero-order valence-electron chi connectivity index (χ0n) is 10.8. The third-order valence-corrected chi connectivity index (χ3v) is 3.13. The van der Waals surface area contributed by atoms with Gasteiger partial charge in [-0.25, -0.2) is 0 Å². The highest BCUT2D eigenvalue weighted by molar-refractivity contribution is 5.94. The molecular weight excluding hydrogens is 216 g/mol. The molecule has 92 valence electrons. The summed E-state index contributed by atoms with van der Waals surface area (Å²) in [6.45, 7) is 5.62. The van der Waals surface area contributed by atoms with Crippen LogP contribution in [0.3, 0.4) is 0 Å². The van der Waals surface area contributed by atoms with Crippen LogP contribution in [0.4, 0.5) is 0 Å². The van der Waals surface area contributed by atoms with Gasteiger partial charge in [-0.3, -0.25) is 4.79 Å². The van der Waals surface area contributed by atoms with Crippen LogP contribution in [0, 0.1) is 0 Å². The van der Waals surface area contributed by atoms with Crippen molar-refractivity contribution < 1.29 is 14.3 Å². The average molecular weight is 234 g/mol. The summed E-state index contributed by atoms with van der Waals surface area (Å²) in [6.07, 6.45) is 5.28. The minimum Gasteiger partial charge on any atom is -0.500 e. The Bertz CT molecular complexity index is 450. The van der Waals surface area contributed by atoms with E-state index in [0.29, 0.717) is 12.8 Å². The number of ether oxygens (including phenoxy) is 2. The van der Waals surface area contributed by atoms with Crippen LogP contribution in [-0.2, 0) is 14.3 Å². The lowest BCUT2D eigenvalue weighted by Gasteiger charge is -2.33. The molecule has 1 heterocycles. The molecule has 0 spiro atoms. The third kappa shape index (κ3) is 2.28. The molecule has 0 radical (unpaired) electrons. The number of allylic oxidation sites excluding steroid dienone is 3. The Morgan fingerprint density at radius 2 is 2.12 bits per heavy atom. The summed E-state index contributed by atoms with van der Waals surface area (Å²) >= 11 is 0. The molecule has 0 bridgehead atoms. The van der Waals surface area contributed by atoms with Crippen LogP contribution in [0.25, 0.3) is 0 Å². The summed E-state index contributed by atoms with van der Waals surface area (Å²) in [6, 6.07) is 0. The highest BCUT2D eigenvalue weighted by atomic mass is 16.5. The van der Waals surface area contributed by atoms with Crippen LogP contribution in [-0.4, -0.2) is 18.5 Å². The molecule has 3 nitrogen and oxygen atoms in total. The molecule has 0 fully saturated rings. The first kappa shape index (κ1) is 12.0. The topological polar surface area (TPSA) is 35.5 Å². The summed E-state index contributed by atoms with van der Waals surface area (Å²) < 4.78 is 11.2. The minimum atomic E-state index is -0.272. The van der Waals surface area contributed by atoms with Crippen LogP contribution in [0.15, 0.2) is 34.8 Å². The Kier molecular flexibility index (Phi) is 2.86. The second-order valence-corrected chi connectivity index (χ2v) is 5.00. The quantitative estimate of drug-likeness (QED) is 0.737. The number of Topliss-reactive ketones (excluding diaryl/α,β-unsaturated/α-hetero) is 1. The first-order valence-electron chi connectivity index (χ1n) is 5.80. The number of carbonyl (C=O) groups excluding carboxylic acids is 1. The molecule has 0 aromatic carbocycles. The van der Waals surface area contributed by atoms with Crippen LogP contribution >= 0.6 is 0 Å². The summed E-state index contributed by atoms with van der Waals surface area (Å²) in [4.78, 5) is 11.5. The largest absolute Gasteiger partial charge is 0.500 e. The molecule has 1 aliphatic heterocycles. The van der Waals surface area contributed by atoms with Crippen molar-refractivity contribution >= 4 is 5.78 Å². The average Bonchev–Trinajstić information content (AvgIpc) is 2.25. The van der Waals surface area contributed by atoms with E-state index in [1.165, 1.54) is 0 Å². The fourth-order valence-electron chi connectivity index (χ4n) is 2.18. The highest BCUT2D eigenvalue weighted by Crippen LogP contribution is 2.37. The fourth-order valence-corrected chi connectivity index (χ4v) is 2.18. The number of hydrogen-bond acceptors (Lipinski definition) is 3. The van der Waals surface area contributed by atoms with E-state index < -0.39 is 0 Å². The van der Waals surface area contributed by atoms with Crippen molar-refractivity contribution in [3.05, 3.63) is 34.8 Å². The van der Waals surface area contributed by atoms with Crippen molar-refractivity contribution in [3.8, 4) is 0 Å². The smallest absolute Gasteiger partial charge is 0.159 e. The summed E-state index contributed by atoms with van der Waals surface area (Å²) in [5.41, 5.74) is 1.58. The second-order valence-electron chi connectivity index (χ2n) is 5.00. The van der Waals surface area contributed by atoms with Crippen molar-refractivity contribution in [2.75, 3.05) is 7.11 Å². The van der Waals surface area contributed by atoms with E-state index in [2.05, 4.69) is 6.08 Å².